The van der Waals surface area contributed by atoms with Gasteiger partial charge in [0, 0.05) is 34.3 Å². The minimum absolute atomic E-state index is 0.0654. The molecular formula is C30H26F2N2. The van der Waals surface area contributed by atoms with Crippen LogP contribution >= 0.6 is 0 Å². The molecule has 0 unspecified atom stereocenters. The second kappa shape index (κ2) is 7.56. The minimum Gasteiger partial charge on any atom is -0.378 e. The first-order chi connectivity index (χ1) is 16.7. The van der Waals surface area contributed by atoms with E-state index in [2.05, 4.69) is 47.1 Å². The fraction of sp³-hybridized carbons (Fsp3) is 0.267. The zero-order chi connectivity index (χ0) is 22.8. The molecule has 0 radical (unpaired) electrons. The number of anilines is 2. The Hall–Kier alpha value is -3.40. The Morgan fingerprint density at radius 3 is 1.47 bits per heavy atom. The quantitative estimate of drug-likeness (QED) is 0.391. The van der Waals surface area contributed by atoms with E-state index >= 15 is 0 Å². The van der Waals surface area contributed by atoms with Gasteiger partial charge in [-0.2, -0.15) is 0 Å². The van der Waals surface area contributed by atoms with Gasteiger partial charge < -0.3 is 10.6 Å². The first kappa shape index (κ1) is 20.0. The van der Waals surface area contributed by atoms with E-state index in [9.17, 15) is 8.78 Å². The molecule has 2 N–H and O–H groups in total. The molecule has 3 aromatic rings. The highest BCUT2D eigenvalue weighted by Crippen LogP contribution is 2.58. The van der Waals surface area contributed by atoms with Crippen molar-refractivity contribution in [2.24, 2.45) is 11.8 Å². The summed E-state index contributed by atoms with van der Waals surface area (Å²) < 4.78 is 29.6. The van der Waals surface area contributed by atoms with Crippen molar-refractivity contribution in [2.75, 3.05) is 10.6 Å². The van der Waals surface area contributed by atoms with E-state index in [1.54, 1.807) is 24.3 Å². The highest BCUT2D eigenvalue weighted by Gasteiger charge is 2.45. The molecular weight excluding hydrogens is 426 g/mol. The third-order valence-corrected chi connectivity index (χ3v) is 8.34. The molecule has 170 valence electrons. The number of benzene rings is 3. The van der Waals surface area contributed by atoms with Crippen LogP contribution in [0, 0.1) is 23.5 Å². The first-order valence-electron chi connectivity index (χ1n) is 12.2. The summed E-state index contributed by atoms with van der Waals surface area (Å²) in [4.78, 5) is 0. The molecule has 0 spiro atoms. The Balaban J connectivity index is 1.35. The van der Waals surface area contributed by atoms with Gasteiger partial charge in [-0.3, -0.25) is 0 Å². The van der Waals surface area contributed by atoms with Crippen molar-refractivity contribution in [1.29, 1.82) is 0 Å². The van der Waals surface area contributed by atoms with Crippen LogP contribution in [0.1, 0.15) is 59.0 Å². The van der Waals surface area contributed by atoms with E-state index in [0.717, 1.165) is 35.3 Å². The molecule has 2 heterocycles. The van der Waals surface area contributed by atoms with Gasteiger partial charge in [0.15, 0.2) is 0 Å². The Kier molecular flexibility index (Phi) is 4.45. The summed E-state index contributed by atoms with van der Waals surface area (Å²) in [5.74, 6) is 0.697. The lowest BCUT2D eigenvalue weighted by Crippen LogP contribution is -2.34. The van der Waals surface area contributed by atoms with Gasteiger partial charge in [-0.25, -0.2) is 8.78 Å². The first-order valence-corrected chi connectivity index (χ1v) is 12.2. The fourth-order valence-electron chi connectivity index (χ4n) is 6.88. The molecule has 3 aromatic carbocycles. The Bertz CT molecular complexity index is 1240. The molecule has 2 nitrogen and oxygen atoms in total. The number of allylic oxidation sites excluding steroid dienone is 4. The maximum absolute atomic E-state index is 14.8. The lowest BCUT2D eigenvalue weighted by atomic mass is 9.69. The average molecular weight is 453 g/mol. The summed E-state index contributed by atoms with van der Waals surface area (Å²) in [5.41, 5.74) is 6.30. The van der Waals surface area contributed by atoms with Gasteiger partial charge >= 0.3 is 0 Å². The number of hydrogen-bond acceptors (Lipinski definition) is 2. The number of halogens is 2. The van der Waals surface area contributed by atoms with Crippen LogP contribution in [0.3, 0.4) is 0 Å². The van der Waals surface area contributed by atoms with Crippen molar-refractivity contribution in [2.45, 2.75) is 36.8 Å². The molecule has 0 bridgehead atoms. The zero-order valence-electron chi connectivity index (χ0n) is 18.7. The lowest BCUT2D eigenvalue weighted by Gasteiger charge is -2.44. The van der Waals surface area contributed by atoms with Gasteiger partial charge in [0.25, 0.3) is 0 Å². The van der Waals surface area contributed by atoms with Crippen LogP contribution in [-0.2, 0) is 0 Å². The summed E-state index contributed by atoms with van der Waals surface area (Å²) in [6, 6.07) is 18.4. The molecule has 4 heteroatoms. The number of hydrogen-bond donors (Lipinski definition) is 2. The summed E-state index contributed by atoms with van der Waals surface area (Å²) >= 11 is 0. The summed E-state index contributed by atoms with van der Waals surface area (Å²) in [7, 11) is 0. The molecule has 2 aliphatic carbocycles. The second-order valence-electron chi connectivity index (χ2n) is 9.98. The fourth-order valence-corrected chi connectivity index (χ4v) is 6.88. The van der Waals surface area contributed by atoms with Crippen LogP contribution < -0.4 is 10.6 Å². The predicted molar refractivity (Wildman–Crippen MR) is 132 cm³/mol. The van der Waals surface area contributed by atoms with Crippen LogP contribution in [0.5, 0.6) is 0 Å². The number of rotatable bonds is 2. The Morgan fingerprint density at radius 2 is 1.03 bits per heavy atom. The Labute approximate surface area is 198 Å². The predicted octanol–water partition coefficient (Wildman–Crippen LogP) is 7.62. The van der Waals surface area contributed by atoms with Crippen LogP contribution in [0.25, 0.3) is 0 Å². The highest BCUT2D eigenvalue weighted by atomic mass is 19.1. The van der Waals surface area contributed by atoms with Crippen molar-refractivity contribution >= 4 is 11.4 Å². The SMILES string of the molecule is Fc1ccccc1[C@H]1Nc2ccc3c(c2[C@H]2C=CC[C@H]21)[C@@H]1C=CC[C@@H]1[C@H](c1ccccc1F)N3. The summed E-state index contributed by atoms with van der Waals surface area (Å²) in [5, 5.41) is 7.43. The molecule has 34 heavy (non-hydrogen) atoms. The van der Waals surface area contributed by atoms with Gasteiger partial charge in [-0.15, -0.1) is 0 Å². The van der Waals surface area contributed by atoms with E-state index in [1.807, 2.05) is 24.3 Å². The molecule has 6 atom stereocenters. The number of nitrogens with one attached hydrogen (secondary N) is 2. The van der Waals surface area contributed by atoms with Gasteiger partial charge in [-0.1, -0.05) is 60.7 Å². The van der Waals surface area contributed by atoms with E-state index in [-0.39, 0.29) is 47.4 Å². The van der Waals surface area contributed by atoms with Crippen molar-refractivity contribution < 1.29 is 8.78 Å². The van der Waals surface area contributed by atoms with Gasteiger partial charge in [0.05, 0.1) is 12.1 Å². The van der Waals surface area contributed by atoms with Crippen molar-refractivity contribution in [1.82, 2.24) is 0 Å². The number of fused-ring (bicyclic) bond motifs is 7. The van der Waals surface area contributed by atoms with Gasteiger partial charge in [0.1, 0.15) is 11.6 Å². The molecule has 0 amide bonds. The lowest BCUT2D eigenvalue weighted by molar-refractivity contribution is 0.392. The van der Waals surface area contributed by atoms with Gasteiger partial charge in [0.2, 0.25) is 0 Å². The molecule has 0 fully saturated rings. The maximum Gasteiger partial charge on any atom is 0.128 e. The smallest absolute Gasteiger partial charge is 0.128 e. The van der Waals surface area contributed by atoms with Crippen molar-refractivity contribution in [3.05, 3.63) is 119 Å². The normalized spacial score (nSPS) is 30.1. The third kappa shape index (κ3) is 2.84. The monoisotopic (exact) mass is 452 g/mol. The van der Waals surface area contributed by atoms with E-state index < -0.39 is 0 Å². The molecule has 0 aromatic heterocycles. The largest absolute Gasteiger partial charge is 0.378 e. The second-order valence-corrected chi connectivity index (χ2v) is 9.98. The zero-order valence-corrected chi connectivity index (χ0v) is 18.7. The maximum atomic E-state index is 14.8. The molecule has 0 saturated heterocycles. The van der Waals surface area contributed by atoms with E-state index in [4.69, 9.17) is 0 Å². The van der Waals surface area contributed by atoms with Crippen LogP contribution in [0.4, 0.5) is 20.2 Å². The summed E-state index contributed by atoms with van der Waals surface area (Å²) in [6.07, 6.45) is 11.0. The minimum atomic E-state index is -0.153. The van der Waals surface area contributed by atoms with E-state index in [0.29, 0.717) is 0 Å². The van der Waals surface area contributed by atoms with E-state index in [1.165, 1.54) is 11.1 Å². The molecule has 0 saturated carbocycles. The third-order valence-electron chi connectivity index (χ3n) is 8.34. The molecule has 7 rings (SSSR count). The van der Waals surface area contributed by atoms with Crippen LogP contribution in [0.2, 0.25) is 0 Å². The molecule has 2 aliphatic heterocycles. The highest BCUT2D eigenvalue weighted by molar-refractivity contribution is 5.73. The summed E-state index contributed by atoms with van der Waals surface area (Å²) in [6.45, 7) is 0. The Morgan fingerprint density at radius 1 is 0.588 bits per heavy atom. The standard InChI is InChI=1S/C30H26F2N2/c31-23-13-3-1-7-21(23)29-19-11-5-9-17(19)27-25(33-29)15-16-26-28(27)18-10-6-12-20(18)30(34-26)22-8-2-4-14-24(22)32/h1-10,13-20,29-30,33-34H,11-12H2/t17-,18+,19+,20-,29-,30+. The molecule has 4 aliphatic rings. The van der Waals surface area contributed by atoms with Crippen LogP contribution in [-0.4, -0.2) is 0 Å². The van der Waals surface area contributed by atoms with Crippen molar-refractivity contribution in [3.63, 3.8) is 0 Å². The van der Waals surface area contributed by atoms with Gasteiger partial charge in [-0.05, 0) is 60.1 Å². The van der Waals surface area contributed by atoms with Crippen molar-refractivity contribution in [3.8, 4) is 0 Å². The topological polar surface area (TPSA) is 24.1 Å². The van der Waals surface area contributed by atoms with Crippen LogP contribution in [0.15, 0.2) is 85.0 Å². The average Bonchev–Trinajstić information content (AvgIpc) is 3.54.